The maximum Gasteiger partial charge on any atom is 0.162 e. The van der Waals surface area contributed by atoms with Gasteiger partial charge in [-0.1, -0.05) is 126 Å². The fourth-order valence-electron chi connectivity index (χ4n) is 5.86. The fraction of sp³-hybridized carbons (Fsp3) is 0.294. The zero-order valence-corrected chi connectivity index (χ0v) is 24.9. The minimum atomic E-state index is -0.692. The Bertz CT molecular complexity index is 1340. The molecule has 4 aromatic carbocycles. The lowest BCUT2D eigenvalue weighted by Gasteiger charge is -2.40. The topological polar surface area (TPSA) is 18.5 Å². The van der Waals surface area contributed by atoms with Crippen molar-refractivity contribution < 1.29 is 9.47 Å². The Kier molecular flexibility index (Phi) is 6.41. The van der Waals surface area contributed by atoms with Crippen molar-refractivity contribution in [1.82, 2.24) is 0 Å². The average molecular weight is 539 g/mol. The highest BCUT2D eigenvalue weighted by Gasteiger charge is 2.55. The molecular weight excluding hydrogens is 502 g/mol. The number of hydrogen-bond acceptors (Lipinski definition) is 2. The molecule has 194 valence electrons. The maximum atomic E-state index is 7.01. The van der Waals surface area contributed by atoms with E-state index in [4.69, 9.17) is 9.47 Å². The predicted octanol–water partition coefficient (Wildman–Crippen LogP) is 8.97. The Hall–Kier alpha value is -2.66. The molecule has 2 nitrogen and oxygen atoms in total. The first-order valence-corrected chi connectivity index (χ1v) is 16.3. The van der Waals surface area contributed by atoms with Gasteiger partial charge in [0, 0.05) is 10.6 Å². The standard InChI is InChI=1S/C34H36O2P2/c1-33(2,3)37-29-25(23-15-9-7-10-16-23)19-13-21-27(29)35-31(37)32-36-28-22-14-20-26(24-17-11-8-12-18-24)30(28)38(32)34(4,5)6/h7-22,31-32H,1-6H3/t31-,32-,37+,38+/m0/s1. The van der Waals surface area contributed by atoms with Crippen LogP contribution >= 0.6 is 15.8 Å². The number of benzene rings is 4. The molecule has 6 rings (SSSR count). The SMILES string of the molecule is CC(C)(C)[P@]1c2c(cccc2-c2ccccc2)O[C@@H]1[C@H]1Oc2cccc(-c3ccccc3)c2[P@@]1C(C)(C)C. The molecule has 2 aliphatic heterocycles. The summed E-state index contributed by atoms with van der Waals surface area (Å²) in [6.45, 7) is 14.3. The van der Waals surface area contributed by atoms with Crippen LogP contribution in [0.1, 0.15) is 41.5 Å². The smallest absolute Gasteiger partial charge is 0.162 e. The maximum absolute atomic E-state index is 7.01. The molecule has 0 aromatic heterocycles. The molecule has 38 heavy (non-hydrogen) atoms. The third-order valence-electron chi connectivity index (χ3n) is 7.34. The Morgan fingerprint density at radius 1 is 0.474 bits per heavy atom. The lowest BCUT2D eigenvalue weighted by molar-refractivity contribution is 0.171. The summed E-state index contributed by atoms with van der Waals surface area (Å²) in [5.74, 6) is 2.05. The van der Waals surface area contributed by atoms with Gasteiger partial charge in [-0.3, -0.25) is 0 Å². The summed E-state index contributed by atoms with van der Waals surface area (Å²) in [7, 11) is -1.38. The van der Waals surface area contributed by atoms with E-state index in [2.05, 4.69) is 139 Å². The summed E-state index contributed by atoms with van der Waals surface area (Å²) in [5, 5.41) is 2.88. The van der Waals surface area contributed by atoms with Gasteiger partial charge in [0.2, 0.25) is 0 Å². The Morgan fingerprint density at radius 2 is 0.842 bits per heavy atom. The molecule has 0 amide bonds. The molecule has 0 aliphatic carbocycles. The van der Waals surface area contributed by atoms with Gasteiger partial charge >= 0.3 is 0 Å². The van der Waals surface area contributed by atoms with E-state index < -0.39 is 15.8 Å². The zero-order valence-electron chi connectivity index (χ0n) is 23.1. The van der Waals surface area contributed by atoms with E-state index in [1.807, 2.05) is 0 Å². The molecular formula is C34H36O2P2. The van der Waals surface area contributed by atoms with E-state index in [0.717, 1.165) is 11.5 Å². The summed E-state index contributed by atoms with van der Waals surface area (Å²) < 4.78 is 14.0. The van der Waals surface area contributed by atoms with Crippen LogP contribution in [-0.2, 0) is 0 Å². The van der Waals surface area contributed by atoms with E-state index in [0.29, 0.717) is 0 Å². The number of ether oxygens (including phenoxy) is 2. The molecule has 0 N–H and O–H groups in total. The van der Waals surface area contributed by atoms with Gasteiger partial charge in [-0.2, -0.15) is 0 Å². The van der Waals surface area contributed by atoms with Crippen molar-refractivity contribution in [1.29, 1.82) is 0 Å². The summed E-state index contributed by atoms with van der Waals surface area (Å²) in [6, 6.07) is 34.7. The number of hydrogen-bond donors (Lipinski definition) is 0. The van der Waals surface area contributed by atoms with Gasteiger partial charge in [-0.15, -0.1) is 0 Å². The van der Waals surface area contributed by atoms with Crippen molar-refractivity contribution in [3.63, 3.8) is 0 Å². The van der Waals surface area contributed by atoms with Crippen molar-refractivity contribution in [3.05, 3.63) is 97.1 Å². The molecule has 0 saturated carbocycles. The van der Waals surface area contributed by atoms with Gasteiger partial charge in [-0.25, -0.2) is 0 Å². The van der Waals surface area contributed by atoms with Crippen molar-refractivity contribution in [2.75, 3.05) is 0 Å². The summed E-state index contributed by atoms with van der Waals surface area (Å²) in [5.41, 5.74) is 5.11. The van der Waals surface area contributed by atoms with Gasteiger partial charge in [0.25, 0.3) is 0 Å². The first kappa shape index (κ1) is 25.6. The fourth-order valence-corrected chi connectivity index (χ4v) is 12.8. The highest BCUT2D eigenvalue weighted by Crippen LogP contribution is 2.69. The van der Waals surface area contributed by atoms with Crippen LogP contribution < -0.4 is 20.1 Å². The van der Waals surface area contributed by atoms with Crippen LogP contribution in [0.15, 0.2) is 97.1 Å². The first-order chi connectivity index (χ1) is 18.1. The van der Waals surface area contributed by atoms with Crippen LogP contribution in [-0.4, -0.2) is 22.0 Å². The van der Waals surface area contributed by atoms with Crippen molar-refractivity contribution in [3.8, 4) is 33.8 Å². The van der Waals surface area contributed by atoms with Gasteiger partial charge in [0.15, 0.2) is 11.7 Å². The van der Waals surface area contributed by atoms with Gasteiger partial charge in [0.1, 0.15) is 11.5 Å². The van der Waals surface area contributed by atoms with Crippen LogP contribution in [0.5, 0.6) is 11.5 Å². The normalized spacial score (nSPS) is 22.4. The summed E-state index contributed by atoms with van der Waals surface area (Å²) in [6.07, 6.45) is 0. The second kappa shape index (κ2) is 9.51. The summed E-state index contributed by atoms with van der Waals surface area (Å²) >= 11 is 0. The molecule has 4 heteroatoms. The first-order valence-electron chi connectivity index (χ1n) is 13.4. The molecule has 0 fully saturated rings. The monoisotopic (exact) mass is 538 g/mol. The van der Waals surface area contributed by atoms with Crippen LogP contribution in [0.2, 0.25) is 0 Å². The van der Waals surface area contributed by atoms with Gasteiger partial charge < -0.3 is 9.47 Å². The third-order valence-corrected chi connectivity index (χ3v) is 14.1. The second-order valence-electron chi connectivity index (χ2n) is 12.1. The van der Waals surface area contributed by atoms with E-state index in [1.165, 1.54) is 32.9 Å². The van der Waals surface area contributed by atoms with Crippen LogP contribution in [0.4, 0.5) is 0 Å². The lowest BCUT2D eigenvalue weighted by atomic mass is 10.1. The largest absolute Gasteiger partial charge is 0.481 e. The van der Waals surface area contributed by atoms with Crippen molar-refractivity contribution in [2.24, 2.45) is 0 Å². The second-order valence-corrected chi connectivity index (χ2v) is 18.2. The molecule has 0 unspecified atom stereocenters. The molecule has 4 atom stereocenters. The molecule has 2 heterocycles. The zero-order chi connectivity index (χ0) is 26.7. The van der Waals surface area contributed by atoms with E-state index >= 15 is 0 Å². The van der Waals surface area contributed by atoms with Gasteiger partial charge in [0.05, 0.1) is 0 Å². The van der Waals surface area contributed by atoms with Crippen molar-refractivity contribution >= 4 is 26.5 Å². The average Bonchev–Trinajstić information content (AvgIpc) is 3.48. The van der Waals surface area contributed by atoms with Gasteiger partial charge in [-0.05, 0) is 60.5 Å². The molecule has 4 aromatic rings. The third kappa shape index (κ3) is 4.37. The van der Waals surface area contributed by atoms with E-state index in [9.17, 15) is 0 Å². The van der Waals surface area contributed by atoms with Crippen LogP contribution in [0.25, 0.3) is 22.3 Å². The van der Waals surface area contributed by atoms with Crippen molar-refractivity contribution in [2.45, 2.75) is 63.5 Å². The number of rotatable bonds is 3. The Morgan fingerprint density at radius 3 is 1.18 bits per heavy atom. The molecule has 0 spiro atoms. The predicted molar refractivity (Wildman–Crippen MR) is 165 cm³/mol. The lowest BCUT2D eigenvalue weighted by Crippen LogP contribution is -2.38. The highest BCUT2D eigenvalue weighted by atomic mass is 31.1. The molecule has 2 aliphatic rings. The highest BCUT2D eigenvalue weighted by molar-refractivity contribution is 7.72. The van der Waals surface area contributed by atoms with E-state index in [1.54, 1.807) is 0 Å². The van der Waals surface area contributed by atoms with Crippen LogP contribution in [0, 0.1) is 0 Å². The Labute approximate surface area is 229 Å². The van der Waals surface area contributed by atoms with Crippen LogP contribution in [0.3, 0.4) is 0 Å². The van der Waals surface area contributed by atoms with E-state index in [-0.39, 0.29) is 22.0 Å². The Balaban J connectivity index is 1.50. The summed E-state index contributed by atoms with van der Waals surface area (Å²) in [4.78, 5) is 0. The minimum absolute atomic E-state index is 0.00813. The molecule has 0 bridgehead atoms. The number of fused-ring (bicyclic) bond motifs is 2. The quantitative estimate of drug-likeness (QED) is 0.242. The minimum Gasteiger partial charge on any atom is -0.481 e. The molecule has 0 radical (unpaired) electrons. The molecule has 0 saturated heterocycles.